The molecule has 322 valence electrons. The van der Waals surface area contributed by atoms with Crippen molar-refractivity contribution < 1.29 is 4.42 Å². The fourth-order valence-electron chi connectivity index (χ4n) is 9.86. The van der Waals surface area contributed by atoms with Crippen LogP contribution in [-0.2, 0) is 6.42 Å². The Morgan fingerprint density at radius 2 is 1.52 bits per heavy atom. The van der Waals surface area contributed by atoms with Crippen LogP contribution >= 0.6 is 11.3 Å². The van der Waals surface area contributed by atoms with E-state index in [4.69, 9.17) is 9.41 Å². The van der Waals surface area contributed by atoms with Crippen molar-refractivity contribution in [1.82, 2.24) is 5.32 Å². The van der Waals surface area contributed by atoms with Gasteiger partial charge in [0.15, 0.2) is 11.2 Å². The number of thiophene rings is 1. The quantitative estimate of drug-likeness (QED) is 0.138. The van der Waals surface area contributed by atoms with Crippen molar-refractivity contribution in [2.24, 2.45) is 4.99 Å². The maximum absolute atomic E-state index is 7.26. The zero-order valence-corrected chi connectivity index (χ0v) is 38.6. The van der Waals surface area contributed by atoms with Crippen LogP contribution < -0.4 is 21.0 Å². The molecule has 4 aliphatic rings. The van der Waals surface area contributed by atoms with Gasteiger partial charge in [0, 0.05) is 26.6 Å². The van der Waals surface area contributed by atoms with Crippen molar-refractivity contribution in [2.45, 2.75) is 59.0 Å². The number of allylic oxidation sites excluding steroid dienone is 7. The summed E-state index contributed by atoms with van der Waals surface area (Å²) >= 11 is 1.89. The molecule has 1 N–H and O–H groups in total. The van der Waals surface area contributed by atoms with Gasteiger partial charge in [-0.3, -0.25) is 9.89 Å². The van der Waals surface area contributed by atoms with Crippen LogP contribution in [0.5, 0.6) is 0 Å². The number of fused-ring (bicyclic) bond motifs is 12. The maximum Gasteiger partial charge on any atom is 0.194 e. The minimum atomic E-state index is -0.338. The Hall–Kier alpha value is -7.21. The molecule has 0 saturated heterocycles. The fourth-order valence-corrected chi connectivity index (χ4v) is 11.1. The average molecular weight is 866 g/mol. The summed E-state index contributed by atoms with van der Waals surface area (Å²) in [6, 6.07) is 41.9. The highest BCUT2D eigenvalue weighted by Crippen LogP contribution is 2.52. The van der Waals surface area contributed by atoms with Crippen LogP contribution in [0.15, 0.2) is 193 Å². The van der Waals surface area contributed by atoms with Crippen molar-refractivity contribution in [3.8, 4) is 21.6 Å². The van der Waals surface area contributed by atoms with Crippen LogP contribution in [0.2, 0.25) is 0 Å². The lowest BCUT2D eigenvalue weighted by atomic mass is 9.89. The van der Waals surface area contributed by atoms with Gasteiger partial charge in [-0.1, -0.05) is 161 Å². The monoisotopic (exact) mass is 865 g/mol. The largest absolute Gasteiger partial charge is 0.450 e. The van der Waals surface area contributed by atoms with Crippen LogP contribution in [-0.4, -0.2) is 0 Å². The molecule has 2 aliphatic heterocycles. The predicted molar refractivity (Wildman–Crippen MR) is 280 cm³/mol. The molecule has 2 atom stereocenters. The number of aryl methyl sites for hydroxylation is 3. The van der Waals surface area contributed by atoms with E-state index in [2.05, 4.69) is 196 Å². The normalized spacial score (nSPS) is 16.2. The number of benzene rings is 6. The Kier molecular flexibility index (Phi) is 12.2. The SMILES string of the molecule is C=C.C=CC=C.CC.Cc1cc2c(cc1-c1sc3ccccc3c1C)N(C1=c3oc4c(c5c(c6ccccc64)C=CCC5)c3=NC(c3cccc(-c4ccccc4)c3)N1)C1=CC=CCC12. The fraction of sp³-hybridized carbons (Fsp3) is 0.150. The molecule has 65 heavy (non-hydrogen) atoms. The molecular weight excluding hydrogens is 811 g/mol. The summed E-state index contributed by atoms with van der Waals surface area (Å²) in [7, 11) is 0. The zero-order valence-electron chi connectivity index (χ0n) is 37.8. The van der Waals surface area contributed by atoms with Gasteiger partial charge in [0.2, 0.25) is 0 Å². The van der Waals surface area contributed by atoms with Crippen LogP contribution in [0.25, 0.3) is 65.3 Å². The first-order valence-corrected chi connectivity index (χ1v) is 23.5. The third-order valence-corrected chi connectivity index (χ3v) is 14.0. The molecule has 8 aromatic rings. The molecule has 0 spiro atoms. The summed E-state index contributed by atoms with van der Waals surface area (Å²) in [5.41, 5.74) is 15.6. The van der Waals surface area contributed by atoms with Crippen molar-refractivity contribution in [1.29, 1.82) is 0 Å². The molecule has 2 unspecified atom stereocenters. The maximum atomic E-state index is 7.26. The highest BCUT2D eigenvalue weighted by Gasteiger charge is 2.39. The second-order valence-electron chi connectivity index (χ2n) is 16.3. The Bertz CT molecular complexity index is 3350. The molecular formula is C60H55N3OS. The van der Waals surface area contributed by atoms with E-state index in [1.54, 1.807) is 12.2 Å². The minimum absolute atomic E-state index is 0.237. The van der Waals surface area contributed by atoms with Gasteiger partial charge in [0.05, 0.1) is 11.1 Å². The van der Waals surface area contributed by atoms with Gasteiger partial charge in [-0.15, -0.1) is 24.5 Å². The van der Waals surface area contributed by atoms with Crippen LogP contribution in [0.1, 0.15) is 72.2 Å². The first-order chi connectivity index (χ1) is 32.0. The summed E-state index contributed by atoms with van der Waals surface area (Å²) in [5, 5.41) is 9.80. The topological polar surface area (TPSA) is 40.8 Å². The lowest BCUT2D eigenvalue weighted by Crippen LogP contribution is -2.44. The smallest absolute Gasteiger partial charge is 0.194 e. The van der Waals surface area contributed by atoms with Gasteiger partial charge in [-0.05, 0) is 118 Å². The molecule has 0 bridgehead atoms. The molecule has 2 aromatic heterocycles. The highest BCUT2D eigenvalue weighted by molar-refractivity contribution is 7.22. The molecule has 4 heterocycles. The van der Waals surface area contributed by atoms with Crippen LogP contribution in [0.3, 0.4) is 0 Å². The lowest BCUT2D eigenvalue weighted by Gasteiger charge is -2.31. The van der Waals surface area contributed by atoms with Crippen molar-refractivity contribution in [3.63, 3.8) is 0 Å². The Morgan fingerprint density at radius 1 is 0.800 bits per heavy atom. The first kappa shape index (κ1) is 43.1. The van der Waals surface area contributed by atoms with Gasteiger partial charge >= 0.3 is 0 Å². The van der Waals surface area contributed by atoms with Gasteiger partial charge in [-0.2, -0.15) is 0 Å². The molecule has 12 rings (SSSR count). The number of anilines is 1. The number of hydrogen-bond donors (Lipinski definition) is 1. The van der Waals surface area contributed by atoms with Crippen LogP contribution in [0.4, 0.5) is 5.69 Å². The van der Waals surface area contributed by atoms with E-state index in [1.165, 1.54) is 76.2 Å². The Morgan fingerprint density at radius 3 is 2.29 bits per heavy atom. The van der Waals surface area contributed by atoms with Crippen molar-refractivity contribution in [3.05, 3.63) is 228 Å². The van der Waals surface area contributed by atoms with E-state index in [1.807, 2.05) is 25.2 Å². The summed E-state index contributed by atoms with van der Waals surface area (Å²) < 4.78 is 8.59. The minimum Gasteiger partial charge on any atom is -0.450 e. The lowest BCUT2D eigenvalue weighted by molar-refractivity contribution is 0.530. The summed E-state index contributed by atoms with van der Waals surface area (Å²) in [6.45, 7) is 21.3. The number of nitrogens with zero attached hydrogens (tertiary/aromatic N) is 2. The van der Waals surface area contributed by atoms with Gasteiger partial charge in [0.1, 0.15) is 17.1 Å². The standard InChI is InChI=1S/C52H39N3OS.C4H6.C2H6.C2H4/c1-30-27-42-38-22-10-12-25-43(38)55(44(42)29-41(30)50-31(2)35-19-11-13-26-45(35)57-50)52-49-47(53-51(54-52)34-18-14-17-33(28-34)32-15-4-3-5-16-32)46-39-23-8-6-20-36(39)37-21-7-9-24-40(37)48(46)56-49;1-3-4-2;2*1-2/h3-7,9-21,24-29,38,51,54H,8,22-23H2,1-2H3;3-4H,1-2H2;1-2H3;1-2H2. The third-order valence-electron chi connectivity index (χ3n) is 12.7. The third kappa shape index (κ3) is 7.40. The predicted octanol–water partition coefficient (Wildman–Crippen LogP) is 15.3. The van der Waals surface area contributed by atoms with Gasteiger partial charge in [-0.25, -0.2) is 0 Å². The van der Waals surface area contributed by atoms with Gasteiger partial charge in [0.25, 0.3) is 0 Å². The van der Waals surface area contributed by atoms with E-state index in [-0.39, 0.29) is 12.1 Å². The number of nitrogens with one attached hydrogen (secondary N) is 1. The van der Waals surface area contributed by atoms with Gasteiger partial charge < -0.3 is 9.73 Å². The molecule has 0 fully saturated rings. The number of hydrogen-bond acceptors (Lipinski definition) is 5. The first-order valence-electron chi connectivity index (χ1n) is 22.7. The van der Waals surface area contributed by atoms with Crippen LogP contribution in [0, 0.1) is 13.8 Å². The Balaban J connectivity index is 0.000000626. The molecule has 0 amide bonds. The second kappa shape index (κ2) is 18.5. The molecule has 2 aliphatic carbocycles. The van der Waals surface area contributed by atoms with Crippen molar-refractivity contribution in [2.75, 3.05) is 4.90 Å². The van der Waals surface area contributed by atoms with E-state index in [0.29, 0.717) is 0 Å². The highest BCUT2D eigenvalue weighted by atomic mass is 32.1. The van der Waals surface area contributed by atoms with E-state index in [9.17, 15) is 0 Å². The van der Waals surface area contributed by atoms with E-state index < -0.39 is 0 Å². The van der Waals surface area contributed by atoms with E-state index in [0.717, 1.165) is 57.8 Å². The summed E-state index contributed by atoms with van der Waals surface area (Å²) in [4.78, 5) is 9.46. The zero-order chi connectivity index (χ0) is 45.2. The molecule has 4 nitrogen and oxygen atoms in total. The average Bonchev–Trinajstić information content (AvgIpc) is 4.04. The molecule has 0 saturated carbocycles. The van der Waals surface area contributed by atoms with E-state index >= 15 is 0 Å². The Labute approximate surface area is 387 Å². The number of rotatable bonds is 5. The number of furan rings is 1. The molecule has 5 heteroatoms. The summed E-state index contributed by atoms with van der Waals surface area (Å²) in [5.74, 6) is 1.18. The molecule has 0 radical (unpaired) electrons. The second-order valence-corrected chi connectivity index (χ2v) is 17.3. The molecule has 6 aromatic carbocycles. The summed E-state index contributed by atoms with van der Waals surface area (Å²) in [6.07, 6.45) is 17.3. The van der Waals surface area contributed by atoms with Crippen molar-refractivity contribution >= 4 is 60.7 Å².